The predicted octanol–water partition coefficient (Wildman–Crippen LogP) is 5.32. The molecule has 0 atom stereocenters. The summed E-state index contributed by atoms with van der Waals surface area (Å²) >= 11 is 2.90. The van der Waals surface area contributed by atoms with Crippen LogP contribution in [0.15, 0.2) is 35.6 Å². The molecule has 1 amide bonds. The largest absolute Gasteiger partial charge is 0.418 e. The summed E-state index contributed by atoms with van der Waals surface area (Å²) in [5.74, 6) is -0.527. The molecule has 0 saturated carbocycles. The van der Waals surface area contributed by atoms with Gasteiger partial charge in [0.1, 0.15) is 16.2 Å². The van der Waals surface area contributed by atoms with Crippen molar-refractivity contribution in [1.82, 2.24) is 9.97 Å². The minimum Gasteiger partial charge on any atom is -0.325 e. The molecular weight excluding hydrogens is 407 g/mol. The maximum absolute atomic E-state index is 13.1. The van der Waals surface area contributed by atoms with Gasteiger partial charge in [-0.05, 0) is 43.4 Å². The van der Waals surface area contributed by atoms with Crippen LogP contribution in [0, 0.1) is 0 Å². The number of fused-ring (bicyclic) bond motifs is 3. The fraction of sp³-hybridized carbons (Fsp3) is 0.316. The first-order valence-electron chi connectivity index (χ1n) is 8.77. The number of alkyl halides is 3. The summed E-state index contributed by atoms with van der Waals surface area (Å²) in [5.41, 5.74) is 0.170. The lowest BCUT2D eigenvalue weighted by atomic mass is 9.97. The third-order valence-corrected chi connectivity index (χ3v) is 6.75. The molecule has 1 N–H and O–H groups in total. The van der Waals surface area contributed by atoms with Crippen LogP contribution in [0.3, 0.4) is 0 Å². The highest BCUT2D eigenvalue weighted by atomic mass is 32.2. The fourth-order valence-corrected chi connectivity index (χ4v) is 5.45. The first-order valence-corrected chi connectivity index (χ1v) is 10.6. The van der Waals surface area contributed by atoms with Gasteiger partial charge < -0.3 is 5.32 Å². The number of hydrogen-bond donors (Lipinski definition) is 1. The zero-order valence-corrected chi connectivity index (χ0v) is 16.3. The smallest absolute Gasteiger partial charge is 0.325 e. The minimum atomic E-state index is -4.52. The van der Waals surface area contributed by atoms with Crippen LogP contribution in [0.5, 0.6) is 0 Å². The van der Waals surface area contributed by atoms with Crippen molar-refractivity contribution < 1.29 is 18.0 Å². The van der Waals surface area contributed by atoms with Gasteiger partial charge in [0.25, 0.3) is 0 Å². The molecule has 4 nitrogen and oxygen atoms in total. The Bertz CT molecular complexity index is 1030. The Kier molecular flexibility index (Phi) is 5.29. The molecule has 0 aliphatic heterocycles. The predicted molar refractivity (Wildman–Crippen MR) is 105 cm³/mol. The van der Waals surface area contributed by atoms with Crippen molar-refractivity contribution in [2.75, 3.05) is 11.1 Å². The summed E-state index contributed by atoms with van der Waals surface area (Å²) in [6, 6.07) is 4.96. The van der Waals surface area contributed by atoms with Crippen molar-refractivity contribution in [1.29, 1.82) is 0 Å². The maximum atomic E-state index is 13.1. The van der Waals surface area contributed by atoms with E-state index in [4.69, 9.17) is 0 Å². The number of thioether (sulfide) groups is 1. The molecule has 0 spiro atoms. The van der Waals surface area contributed by atoms with Gasteiger partial charge in [0, 0.05) is 10.3 Å². The number of aryl methyl sites for hydroxylation is 2. The molecule has 1 aliphatic rings. The lowest BCUT2D eigenvalue weighted by molar-refractivity contribution is -0.137. The minimum absolute atomic E-state index is 0.0249. The van der Waals surface area contributed by atoms with Gasteiger partial charge >= 0.3 is 6.18 Å². The number of carbonyl (C=O) groups is 1. The molecule has 0 bridgehead atoms. The second-order valence-electron chi connectivity index (χ2n) is 6.45. The summed E-state index contributed by atoms with van der Waals surface area (Å²) < 4.78 is 39.2. The molecule has 2 aromatic heterocycles. The van der Waals surface area contributed by atoms with Crippen LogP contribution >= 0.6 is 23.1 Å². The number of anilines is 1. The topological polar surface area (TPSA) is 54.9 Å². The van der Waals surface area contributed by atoms with Gasteiger partial charge in [0.2, 0.25) is 5.91 Å². The summed E-state index contributed by atoms with van der Waals surface area (Å²) in [5, 5.41) is 4.08. The van der Waals surface area contributed by atoms with Crippen molar-refractivity contribution in [3.8, 4) is 0 Å². The first kappa shape index (κ1) is 19.2. The van der Waals surface area contributed by atoms with Crippen LogP contribution in [0.25, 0.3) is 10.2 Å². The highest BCUT2D eigenvalue weighted by molar-refractivity contribution is 8.00. The molecule has 4 rings (SSSR count). The number of benzene rings is 1. The van der Waals surface area contributed by atoms with Crippen LogP contribution < -0.4 is 5.32 Å². The molecular formula is C19H16F3N3OS2. The first-order chi connectivity index (χ1) is 13.4. The molecule has 0 unspecified atom stereocenters. The molecule has 1 aliphatic carbocycles. The molecule has 1 aromatic carbocycles. The van der Waals surface area contributed by atoms with Crippen LogP contribution in [0.4, 0.5) is 18.9 Å². The Labute approximate surface area is 167 Å². The van der Waals surface area contributed by atoms with Crippen molar-refractivity contribution >= 4 is 44.9 Å². The van der Waals surface area contributed by atoms with E-state index < -0.39 is 17.6 Å². The number of para-hydroxylation sites is 1. The van der Waals surface area contributed by atoms with E-state index in [1.165, 1.54) is 46.7 Å². The van der Waals surface area contributed by atoms with Gasteiger partial charge in [-0.15, -0.1) is 11.3 Å². The normalized spacial score (nSPS) is 14.1. The lowest BCUT2D eigenvalue weighted by Gasteiger charge is -2.13. The number of halogens is 3. The van der Waals surface area contributed by atoms with Gasteiger partial charge in [-0.1, -0.05) is 23.9 Å². The van der Waals surface area contributed by atoms with Crippen LogP contribution in [0.1, 0.15) is 28.8 Å². The van der Waals surface area contributed by atoms with E-state index >= 15 is 0 Å². The number of thiophene rings is 1. The summed E-state index contributed by atoms with van der Waals surface area (Å²) in [6.07, 6.45) is 1.24. The Balaban J connectivity index is 1.51. The number of carbonyl (C=O) groups excluding carboxylic acids is 1. The highest BCUT2D eigenvalue weighted by Gasteiger charge is 2.33. The van der Waals surface area contributed by atoms with E-state index in [1.807, 2.05) is 0 Å². The average molecular weight is 423 g/mol. The van der Waals surface area contributed by atoms with Crippen LogP contribution in [-0.4, -0.2) is 21.6 Å². The SMILES string of the molecule is O=C(CSc1ncnc2sc3c(c12)CCCC3)Nc1ccccc1C(F)(F)F. The van der Waals surface area contributed by atoms with Crippen LogP contribution in [-0.2, 0) is 23.8 Å². The second-order valence-corrected chi connectivity index (χ2v) is 8.50. The van der Waals surface area contributed by atoms with Crippen LogP contribution in [0.2, 0.25) is 0 Å². The fourth-order valence-electron chi connectivity index (χ4n) is 3.33. The maximum Gasteiger partial charge on any atom is 0.418 e. The van der Waals surface area contributed by atoms with E-state index in [9.17, 15) is 18.0 Å². The quantitative estimate of drug-likeness (QED) is 0.456. The molecule has 3 aromatic rings. The molecule has 9 heteroatoms. The molecule has 0 radical (unpaired) electrons. The van der Waals surface area contributed by atoms with Gasteiger partial charge in [-0.25, -0.2) is 9.97 Å². The molecule has 0 saturated heterocycles. The third-order valence-electron chi connectivity index (χ3n) is 4.56. The van der Waals surface area contributed by atoms with Gasteiger partial charge in [-0.3, -0.25) is 4.79 Å². The van der Waals surface area contributed by atoms with Crippen molar-refractivity contribution in [3.63, 3.8) is 0 Å². The van der Waals surface area contributed by atoms with Crippen molar-refractivity contribution in [3.05, 3.63) is 46.6 Å². The van der Waals surface area contributed by atoms with Crippen molar-refractivity contribution in [2.24, 2.45) is 0 Å². The third kappa shape index (κ3) is 3.86. The van der Waals surface area contributed by atoms with E-state index in [0.717, 1.165) is 42.0 Å². The Morgan fingerprint density at radius 2 is 1.96 bits per heavy atom. The van der Waals surface area contributed by atoms with Gasteiger partial charge in [0.15, 0.2) is 0 Å². The molecule has 0 fully saturated rings. The zero-order valence-electron chi connectivity index (χ0n) is 14.7. The number of rotatable bonds is 4. The van der Waals surface area contributed by atoms with E-state index in [1.54, 1.807) is 11.3 Å². The molecule has 146 valence electrons. The second kappa shape index (κ2) is 7.71. The van der Waals surface area contributed by atoms with E-state index in [2.05, 4.69) is 15.3 Å². The Morgan fingerprint density at radius 1 is 1.18 bits per heavy atom. The van der Waals surface area contributed by atoms with Gasteiger partial charge in [0.05, 0.1) is 17.0 Å². The Hall–Kier alpha value is -2.13. The average Bonchev–Trinajstić information content (AvgIpc) is 3.05. The summed E-state index contributed by atoms with van der Waals surface area (Å²) in [7, 11) is 0. The molecule has 28 heavy (non-hydrogen) atoms. The van der Waals surface area contributed by atoms with E-state index in [0.29, 0.717) is 5.03 Å². The lowest BCUT2D eigenvalue weighted by Crippen LogP contribution is -2.18. The van der Waals surface area contributed by atoms with Gasteiger partial charge in [-0.2, -0.15) is 13.2 Å². The monoisotopic (exact) mass is 423 g/mol. The number of nitrogens with one attached hydrogen (secondary N) is 1. The highest BCUT2D eigenvalue weighted by Crippen LogP contribution is 2.39. The van der Waals surface area contributed by atoms with Crippen molar-refractivity contribution in [2.45, 2.75) is 36.9 Å². The zero-order chi connectivity index (χ0) is 19.7. The van der Waals surface area contributed by atoms with E-state index in [-0.39, 0.29) is 11.4 Å². The number of aromatic nitrogens is 2. The summed E-state index contributed by atoms with van der Waals surface area (Å²) in [4.78, 5) is 23.2. The Morgan fingerprint density at radius 3 is 2.79 bits per heavy atom. The number of hydrogen-bond acceptors (Lipinski definition) is 5. The standard InChI is InChI=1S/C19H16F3N3OS2/c20-19(21,22)12-6-2-3-7-13(12)25-15(26)9-27-17-16-11-5-1-4-8-14(11)28-18(16)24-10-23-17/h2-3,6-7,10H,1,4-5,8-9H2,(H,25,26). The summed E-state index contributed by atoms with van der Waals surface area (Å²) in [6.45, 7) is 0. The molecule has 2 heterocycles. The number of amides is 1. The number of nitrogens with zero attached hydrogens (tertiary/aromatic N) is 2.